The molecule has 96 valence electrons. The number of nitrogens with one attached hydrogen (secondary N) is 2. The van der Waals surface area contributed by atoms with Crippen molar-refractivity contribution in [1.29, 1.82) is 0 Å². The van der Waals surface area contributed by atoms with Crippen molar-refractivity contribution in [2.75, 3.05) is 26.2 Å². The molecule has 17 heavy (non-hydrogen) atoms. The van der Waals surface area contributed by atoms with E-state index in [1.807, 2.05) is 0 Å². The van der Waals surface area contributed by atoms with E-state index in [1.165, 1.54) is 0 Å². The summed E-state index contributed by atoms with van der Waals surface area (Å²) in [5, 5.41) is 11.1. The minimum absolute atomic E-state index is 0.144. The van der Waals surface area contributed by atoms with Gasteiger partial charge in [0.1, 0.15) is 0 Å². The quantitative estimate of drug-likeness (QED) is 0.573. The molecule has 1 unspecified atom stereocenters. The summed E-state index contributed by atoms with van der Waals surface area (Å²) in [6, 6.07) is -0.323. The van der Waals surface area contributed by atoms with E-state index >= 15 is 0 Å². The van der Waals surface area contributed by atoms with Gasteiger partial charge in [0.2, 0.25) is 0 Å². The van der Waals surface area contributed by atoms with Crippen LogP contribution >= 0.6 is 0 Å². The van der Waals surface area contributed by atoms with E-state index in [0.29, 0.717) is 5.92 Å². The fourth-order valence-electron chi connectivity index (χ4n) is 2.49. The lowest BCUT2D eigenvalue weighted by Gasteiger charge is -2.44. The van der Waals surface area contributed by atoms with Crippen LogP contribution in [0.2, 0.25) is 0 Å². The number of carbonyl (C=O) groups excluding carboxylic acids is 1. The van der Waals surface area contributed by atoms with Crippen LogP contribution in [0.1, 0.15) is 12.8 Å². The maximum Gasteiger partial charge on any atom is 0.338 e. The molecule has 0 aromatic rings. The predicted molar refractivity (Wildman–Crippen MR) is 58.2 cm³/mol. The van der Waals surface area contributed by atoms with Gasteiger partial charge in [-0.3, -0.25) is 4.84 Å². The lowest BCUT2D eigenvalue weighted by molar-refractivity contribution is -0.144. The second kappa shape index (κ2) is 5.33. The van der Waals surface area contributed by atoms with E-state index < -0.39 is 18.6 Å². The lowest BCUT2D eigenvalue weighted by Crippen LogP contribution is -2.58. The van der Waals surface area contributed by atoms with Gasteiger partial charge < -0.3 is 15.3 Å². The van der Waals surface area contributed by atoms with Gasteiger partial charge in [-0.25, -0.2) is 15.1 Å². The topological polar surface area (TPSA) is 90.9 Å². The van der Waals surface area contributed by atoms with Gasteiger partial charge in [-0.2, -0.15) is 0 Å². The molecule has 3 aliphatic heterocycles. The smallest absolute Gasteiger partial charge is 0.338 e. The van der Waals surface area contributed by atoms with Crippen LogP contribution in [0.4, 0.5) is 4.79 Å². The summed E-state index contributed by atoms with van der Waals surface area (Å²) in [4.78, 5) is 28.4. The third kappa shape index (κ3) is 3.31. The highest BCUT2D eigenvalue weighted by atomic mass is 16.7. The number of nitrogens with zero attached hydrogens (tertiary/aromatic N) is 1. The normalized spacial score (nSPS) is 30.9. The van der Waals surface area contributed by atoms with E-state index in [-0.39, 0.29) is 6.04 Å². The van der Waals surface area contributed by atoms with Crippen molar-refractivity contribution in [2.45, 2.75) is 18.9 Å². The molecule has 0 spiro atoms. The first-order valence-electron chi connectivity index (χ1n) is 5.77. The molecule has 3 fully saturated rings. The molecule has 7 heteroatoms. The zero-order chi connectivity index (χ0) is 12.3. The van der Waals surface area contributed by atoms with Crippen molar-refractivity contribution < 1.29 is 19.5 Å². The van der Waals surface area contributed by atoms with Crippen LogP contribution in [0.5, 0.6) is 0 Å². The predicted octanol–water partition coefficient (Wildman–Crippen LogP) is -0.604. The average Bonchev–Trinajstić information content (AvgIpc) is 2.30. The van der Waals surface area contributed by atoms with Crippen molar-refractivity contribution in [3.8, 4) is 0 Å². The summed E-state index contributed by atoms with van der Waals surface area (Å²) in [7, 11) is 0. The Morgan fingerprint density at radius 1 is 1.35 bits per heavy atom. The SMILES string of the molecule is O=C(O)CONC(=O)NC1CN2CCC1CC2. The summed E-state index contributed by atoms with van der Waals surface area (Å²) < 4.78 is 0. The van der Waals surface area contributed by atoms with Crippen molar-refractivity contribution in [2.24, 2.45) is 5.92 Å². The molecule has 3 aliphatic rings. The molecule has 0 aromatic carbocycles. The first-order valence-corrected chi connectivity index (χ1v) is 5.77. The maximum absolute atomic E-state index is 11.4. The number of hydrogen-bond acceptors (Lipinski definition) is 4. The summed E-state index contributed by atoms with van der Waals surface area (Å²) in [6.07, 6.45) is 2.22. The second-order valence-corrected chi connectivity index (χ2v) is 4.50. The van der Waals surface area contributed by atoms with Gasteiger partial charge in [0.15, 0.2) is 6.61 Å². The van der Waals surface area contributed by atoms with Crippen LogP contribution in [0.15, 0.2) is 0 Å². The Hall–Kier alpha value is -1.34. The number of hydroxylamine groups is 1. The van der Waals surface area contributed by atoms with Crippen LogP contribution in [0.3, 0.4) is 0 Å². The van der Waals surface area contributed by atoms with Crippen LogP contribution in [0.25, 0.3) is 0 Å². The summed E-state index contributed by atoms with van der Waals surface area (Å²) >= 11 is 0. The van der Waals surface area contributed by atoms with Gasteiger partial charge in [0, 0.05) is 12.6 Å². The first kappa shape index (κ1) is 12.1. The monoisotopic (exact) mass is 243 g/mol. The molecule has 0 aliphatic carbocycles. The molecule has 1 atom stereocenters. The third-order valence-corrected chi connectivity index (χ3v) is 3.33. The molecule has 7 nitrogen and oxygen atoms in total. The number of urea groups is 1. The number of carboxylic acid groups (broad SMARTS) is 1. The zero-order valence-electron chi connectivity index (χ0n) is 9.52. The van der Waals surface area contributed by atoms with Crippen molar-refractivity contribution >= 4 is 12.0 Å². The summed E-state index contributed by atoms with van der Waals surface area (Å²) in [6.45, 7) is 2.56. The van der Waals surface area contributed by atoms with Crippen LogP contribution in [0, 0.1) is 5.92 Å². The van der Waals surface area contributed by atoms with Crippen LogP contribution < -0.4 is 10.8 Å². The number of carbonyl (C=O) groups is 2. The highest BCUT2D eigenvalue weighted by Gasteiger charge is 2.34. The van der Waals surface area contributed by atoms with Gasteiger partial charge in [0.25, 0.3) is 0 Å². The molecule has 0 saturated carbocycles. The maximum atomic E-state index is 11.4. The van der Waals surface area contributed by atoms with E-state index in [9.17, 15) is 9.59 Å². The number of rotatable bonds is 4. The number of hydrogen-bond donors (Lipinski definition) is 3. The van der Waals surface area contributed by atoms with Crippen molar-refractivity contribution in [3.63, 3.8) is 0 Å². The fraction of sp³-hybridized carbons (Fsp3) is 0.800. The number of fused-ring (bicyclic) bond motifs is 3. The van der Waals surface area contributed by atoms with Crippen molar-refractivity contribution in [3.05, 3.63) is 0 Å². The fourth-order valence-corrected chi connectivity index (χ4v) is 2.49. The number of piperidine rings is 3. The Bertz CT molecular complexity index is 302. The van der Waals surface area contributed by atoms with Crippen LogP contribution in [-0.2, 0) is 9.63 Å². The Balaban J connectivity index is 1.70. The number of aliphatic carboxylic acids is 1. The van der Waals surface area contributed by atoms with Gasteiger partial charge in [-0.15, -0.1) is 0 Å². The van der Waals surface area contributed by atoms with Crippen LogP contribution in [-0.4, -0.2) is 54.3 Å². The number of carboxylic acids is 1. The average molecular weight is 243 g/mol. The number of amides is 2. The standard InChI is InChI=1S/C10H17N3O4/c14-9(15)6-17-12-10(16)11-8-5-13-3-1-7(8)2-4-13/h7-8H,1-6H2,(H,14,15)(H2,11,12,16). The highest BCUT2D eigenvalue weighted by Crippen LogP contribution is 2.27. The Morgan fingerprint density at radius 3 is 2.59 bits per heavy atom. The lowest BCUT2D eigenvalue weighted by atomic mass is 9.84. The molecule has 3 N–H and O–H groups in total. The molecule has 3 saturated heterocycles. The molecular formula is C10H17N3O4. The highest BCUT2D eigenvalue weighted by molar-refractivity contribution is 5.73. The summed E-state index contributed by atoms with van der Waals surface area (Å²) in [5.41, 5.74) is 2.07. The molecule has 0 radical (unpaired) electrons. The minimum Gasteiger partial charge on any atom is -0.479 e. The van der Waals surface area contributed by atoms with E-state index in [4.69, 9.17) is 5.11 Å². The summed E-state index contributed by atoms with van der Waals surface area (Å²) in [5.74, 6) is -0.585. The zero-order valence-corrected chi connectivity index (χ0v) is 9.52. The largest absolute Gasteiger partial charge is 0.479 e. The van der Waals surface area contributed by atoms with E-state index in [2.05, 4.69) is 20.5 Å². The molecule has 0 aromatic heterocycles. The van der Waals surface area contributed by atoms with E-state index in [0.717, 1.165) is 32.5 Å². The Morgan fingerprint density at radius 2 is 2.06 bits per heavy atom. The van der Waals surface area contributed by atoms with Gasteiger partial charge in [0.05, 0.1) is 0 Å². The first-order chi connectivity index (χ1) is 8.15. The Labute approximate surface area is 99.1 Å². The molecule has 3 heterocycles. The molecule has 2 amide bonds. The molecule has 2 bridgehead atoms. The molecule has 3 rings (SSSR count). The van der Waals surface area contributed by atoms with Gasteiger partial charge >= 0.3 is 12.0 Å². The third-order valence-electron chi connectivity index (χ3n) is 3.33. The molecular weight excluding hydrogens is 226 g/mol. The second-order valence-electron chi connectivity index (χ2n) is 4.50. The van der Waals surface area contributed by atoms with Gasteiger partial charge in [-0.05, 0) is 31.8 Å². The minimum atomic E-state index is -1.12. The van der Waals surface area contributed by atoms with Crippen molar-refractivity contribution in [1.82, 2.24) is 15.7 Å². The Kier molecular flexibility index (Phi) is 3.80. The van der Waals surface area contributed by atoms with Gasteiger partial charge in [-0.1, -0.05) is 0 Å². The van der Waals surface area contributed by atoms with E-state index in [1.54, 1.807) is 0 Å².